The molecule has 0 unspecified atom stereocenters. The van der Waals surface area contributed by atoms with Crippen LogP contribution < -0.4 is 10.1 Å². The SMILES string of the molecule is CCC(=O)[C@H](C[C@@H]1CCCC1=O)NC(=O)[C@@H]1[C@H]2CCC[C@H]2CN1C(=O)c1cc2c(OC)cc(F)c(F)c2[nH]1. The minimum atomic E-state index is -1.12. The molecule has 0 bridgehead atoms. The number of methoxy groups -OCH3 is 1. The molecule has 1 aliphatic heterocycles. The van der Waals surface area contributed by atoms with E-state index in [1.165, 1.54) is 18.1 Å². The van der Waals surface area contributed by atoms with Crippen LogP contribution in [0.4, 0.5) is 8.78 Å². The monoisotopic (exact) mass is 529 g/mol. The molecular formula is C28H33F2N3O5. The first-order valence-electron chi connectivity index (χ1n) is 13.4. The quantitative estimate of drug-likeness (QED) is 0.539. The number of nitrogens with one attached hydrogen (secondary N) is 2. The summed E-state index contributed by atoms with van der Waals surface area (Å²) in [6.45, 7) is 2.08. The van der Waals surface area contributed by atoms with Crippen LogP contribution >= 0.6 is 0 Å². The van der Waals surface area contributed by atoms with Gasteiger partial charge in [0.1, 0.15) is 23.3 Å². The van der Waals surface area contributed by atoms with Gasteiger partial charge in [0, 0.05) is 36.8 Å². The van der Waals surface area contributed by atoms with Crippen molar-refractivity contribution in [2.45, 2.75) is 70.4 Å². The van der Waals surface area contributed by atoms with Gasteiger partial charge in [-0.05, 0) is 50.0 Å². The number of hydrogen-bond donors (Lipinski definition) is 2. The van der Waals surface area contributed by atoms with Crippen molar-refractivity contribution in [2.75, 3.05) is 13.7 Å². The number of amides is 2. The fourth-order valence-electron chi connectivity index (χ4n) is 6.68. The van der Waals surface area contributed by atoms with E-state index in [1.54, 1.807) is 6.92 Å². The van der Waals surface area contributed by atoms with Crippen molar-refractivity contribution >= 4 is 34.3 Å². The molecule has 5 rings (SSSR count). The number of benzene rings is 1. The van der Waals surface area contributed by atoms with Gasteiger partial charge in [0.05, 0.1) is 18.7 Å². The third-order valence-corrected chi connectivity index (χ3v) is 8.65. The fraction of sp³-hybridized carbons (Fsp3) is 0.571. The van der Waals surface area contributed by atoms with E-state index in [4.69, 9.17) is 4.74 Å². The van der Waals surface area contributed by atoms with E-state index in [9.17, 15) is 28.0 Å². The summed E-state index contributed by atoms with van der Waals surface area (Å²) in [7, 11) is 1.33. The number of nitrogens with zero attached hydrogens (tertiary/aromatic N) is 1. The Bertz CT molecular complexity index is 1290. The lowest BCUT2D eigenvalue weighted by Crippen LogP contribution is -2.53. The van der Waals surface area contributed by atoms with Gasteiger partial charge in [0.25, 0.3) is 5.91 Å². The van der Waals surface area contributed by atoms with E-state index in [0.29, 0.717) is 19.4 Å². The van der Waals surface area contributed by atoms with Crippen LogP contribution in [0.2, 0.25) is 0 Å². The molecule has 38 heavy (non-hydrogen) atoms. The van der Waals surface area contributed by atoms with Crippen molar-refractivity contribution in [3.8, 4) is 5.75 Å². The van der Waals surface area contributed by atoms with Gasteiger partial charge >= 0.3 is 0 Å². The predicted molar refractivity (Wildman–Crippen MR) is 135 cm³/mol. The smallest absolute Gasteiger partial charge is 0.271 e. The minimum Gasteiger partial charge on any atom is -0.496 e. The van der Waals surface area contributed by atoms with E-state index in [0.717, 1.165) is 31.7 Å². The number of halogens is 2. The third-order valence-electron chi connectivity index (χ3n) is 8.65. The van der Waals surface area contributed by atoms with Crippen molar-refractivity contribution in [1.29, 1.82) is 0 Å². The summed E-state index contributed by atoms with van der Waals surface area (Å²) in [5.41, 5.74) is -0.154. The Morgan fingerprint density at radius 2 is 1.97 bits per heavy atom. The number of Topliss-reactive ketones (excluding diaryl/α,β-unsaturated/α-hetero) is 2. The van der Waals surface area contributed by atoms with Gasteiger partial charge in [0.2, 0.25) is 5.91 Å². The van der Waals surface area contributed by atoms with Gasteiger partial charge < -0.3 is 19.9 Å². The molecule has 2 saturated carbocycles. The minimum absolute atomic E-state index is 0.0262. The number of rotatable bonds is 8. The molecule has 1 saturated heterocycles. The van der Waals surface area contributed by atoms with Gasteiger partial charge in [-0.15, -0.1) is 0 Å². The van der Waals surface area contributed by atoms with Crippen molar-refractivity contribution < 1.29 is 32.7 Å². The molecule has 2 N–H and O–H groups in total. The summed E-state index contributed by atoms with van der Waals surface area (Å²) in [6.07, 6.45) is 5.11. The third kappa shape index (κ3) is 4.58. The number of H-pyrrole nitrogens is 1. The number of carbonyl (C=O) groups excluding carboxylic acids is 4. The Kier molecular flexibility index (Phi) is 7.24. The molecular weight excluding hydrogens is 496 g/mol. The predicted octanol–water partition coefficient (Wildman–Crippen LogP) is 3.92. The zero-order valence-electron chi connectivity index (χ0n) is 21.6. The van der Waals surface area contributed by atoms with E-state index < -0.39 is 35.5 Å². The second-order valence-electron chi connectivity index (χ2n) is 10.8. The van der Waals surface area contributed by atoms with E-state index >= 15 is 0 Å². The molecule has 3 aliphatic rings. The summed E-state index contributed by atoms with van der Waals surface area (Å²) in [4.78, 5) is 56.6. The van der Waals surface area contributed by atoms with E-state index in [-0.39, 0.29) is 64.5 Å². The lowest BCUT2D eigenvalue weighted by atomic mass is 9.91. The Balaban J connectivity index is 1.42. The molecule has 1 aromatic heterocycles. The Morgan fingerprint density at radius 1 is 1.18 bits per heavy atom. The summed E-state index contributed by atoms with van der Waals surface area (Å²) < 4.78 is 33.7. The van der Waals surface area contributed by atoms with Crippen LogP contribution in [-0.2, 0) is 14.4 Å². The first-order chi connectivity index (χ1) is 18.2. The summed E-state index contributed by atoms with van der Waals surface area (Å²) in [5, 5.41) is 3.12. The zero-order valence-corrected chi connectivity index (χ0v) is 21.6. The maximum absolute atomic E-state index is 14.5. The van der Waals surface area contributed by atoms with Gasteiger partial charge in [-0.25, -0.2) is 8.78 Å². The topological polar surface area (TPSA) is 109 Å². The molecule has 2 aliphatic carbocycles. The maximum Gasteiger partial charge on any atom is 0.271 e. The van der Waals surface area contributed by atoms with E-state index in [2.05, 4.69) is 10.3 Å². The lowest BCUT2D eigenvalue weighted by Gasteiger charge is -2.29. The highest BCUT2D eigenvalue weighted by Crippen LogP contribution is 2.43. The largest absolute Gasteiger partial charge is 0.496 e. The van der Waals surface area contributed by atoms with Gasteiger partial charge in [-0.2, -0.15) is 0 Å². The average molecular weight is 530 g/mol. The molecule has 204 valence electrons. The number of likely N-dealkylation sites (tertiary alicyclic amines) is 1. The molecule has 3 fully saturated rings. The van der Waals surface area contributed by atoms with Crippen molar-refractivity contribution in [3.05, 3.63) is 29.5 Å². The van der Waals surface area contributed by atoms with E-state index in [1.807, 2.05) is 0 Å². The van der Waals surface area contributed by atoms with Gasteiger partial charge in [0.15, 0.2) is 17.4 Å². The van der Waals surface area contributed by atoms with Crippen LogP contribution in [0, 0.1) is 29.4 Å². The average Bonchev–Trinajstić information content (AvgIpc) is 3.69. The van der Waals surface area contributed by atoms with Crippen LogP contribution in [0.1, 0.15) is 68.8 Å². The molecule has 10 heteroatoms. The molecule has 1 aromatic carbocycles. The van der Waals surface area contributed by atoms with Crippen LogP contribution in [0.5, 0.6) is 5.75 Å². The number of hydrogen-bond acceptors (Lipinski definition) is 5. The highest BCUT2D eigenvalue weighted by atomic mass is 19.2. The van der Waals surface area contributed by atoms with Crippen molar-refractivity contribution in [1.82, 2.24) is 15.2 Å². The molecule has 8 nitrogen and oxygen atoms in total. The zero-order chi connectivity index (χ0) is 27.1. The molecule has 2 heterocycles. The van der Waals surface area contributed by atoms with Crippen molar-refractivity contribution in [3.63, 3.8) is 0 Å². The number of carbonyl (C=O) groups is 4. The number of aromatic nitrogens is 1. The van der Waals surface area contributed by atoms with Crippen LogP contribution in [0.25, 0.3) is 10.9 Å². The molecule has 2 amide bonds. The van der Waals surface area contributed by atoms with Gasteiger partial charge in [-0.1, -0.05) is 13.3 Å². The Labute approximate surface area is 219 Å². The second kappa shape index (κ2) is 10.5. The second-order valence-corrected chi connectivity index (χ2v) is 10.8. The number of aromatic amines is 1. The summed E-state index contributed by atoms with van der Waals surface area (Å²) in [5.74, 6) is -3.21. The molecule has 0 radical (unpaired) electrons. The van der Waals surface area contributed by atoms with Crippen LogP contribution in [0.15, 0.2) is 12.1 Å². The summed E-state index contributed by atoms with van der Waals surface area (Å²) in [6, 6.07) is 0.760. The standard InChI is InChI=1S/C28H33F2N3O5/c1-3-21(34)19(10-14-6-5-9-22(14)35)32-27(36)26-16-8-4-7-15(16)13-33(26)28(37)20-11-17-23(38-2)12-18(29)24(30)25(17)31-20/h11-12,14-16,19,26,31H,3-10,13H2,1-2H3,(H,32,36)/t14-,15-,16-,19-,26-/m0/s1. The van der Waals surface area contributed by atoms with Crippen molar-refractivity contribution in [2.24, 2.45) is 17.8 Å². The first-order valence-corrected chi connectivity index (χ1v) is 13.4. The number of fused-ring (bicyclic) bond motifs is 2. The molecule has 0 spiro atoms. The first kappa shape index (κ1) is 26.3. The molecule has 2 aromatic rings. The van der Waals surface area contributed by atoms with Crippen LogP contribution in [-0.4, -0.2) is 59.0 Å². The maximum atomic E-state index is 14.5. The number of ether oxygens (including phenoxy) is 1. The molecule has 5 atom stereocenters. The fourth-order valence-corrected chi connectivity index (χ4v) is 6.68. The van der Waals surface area contributed by atoms with Gasteiger partial charge in [-0.3, -0.25) is 19.2 Å². The number of ketones is 2. The summed E-state index contributed by atoms with van der Waals surface area (Å²) >= 11 is 0. The van der Waals surface area contributed by atoms with Crippen LogP contribution in [0.3, 0.4) is 0 Å². The Morgan fingerprint density at radius 3 is 2.66 bits per heavy atom. The highest BCUT2D eigenvalue weighted by molar-refractivity contribution is 6.02. The Hall–Kier alpha value is -3.30. The lowest BCUT2D eigenvalue weighted by molar-refractivity contribution is -0.131. The normalized spacial score (nSPS) is 25.6. The highest BCUT2D eigenvalue weighted by Gasteiger charge is 2.50.